The first-order chi connectivity index (χ1) is 9.72. The van der Waals surface area contributed by atoms with Crippen LogP contribution in [0.25, 0.3) is 16.8 Å². The lowest BCUT2D eigenvalue weighted by Gasteiger charge is -2.15. The van der Waals surface area contributed by atoms with Gasteiger partial charge in [-0.05, 0) is 34.9 Å². The van der Waals surface area contributed by atoms with E-state index < -0.39 is 0 Å². The van der Waals surface area contributed by atoms with E-state index in [1.54, 1.807) is 7.11 Å². The highest BCUT2D eigenvalue weighted by Crippen LogP contribution is 2.36. The molecule has 1 fully saturated rings. The maximum atomic E-state index is 11.3. The zero-order valence-corrected chi connectivity index (χ0v) is 11.4. The molecule has 20 heavy (non-hydrogen) atoms. The largest absolute Gasteiger partial charge is 0.497 e. The normalized spacial score (nSPS) is 18.1. The molecule has 1 saturated heterocycles. The summed E-state index contributed by atoms with van der Waals surface area (Å²) in [4.78, 5) is 11.3. The van der Waals surface area contributed by atoms with Crippen LogP contribution in [0, 0.1) is 0 Å². The number of fused-ring (bicyclic) bond motifs is 1. The highest BCUT2D eigenvalue weighted by molar-refractivity contribution is 5.93. The van der Waals surface area contributed by atoms with Crippen molar-refractivity contribution >= 4 is 22.8 Å². The highest BCUT2D eigenvalue weighted by Gasteiger charge is 2.26. The Bertz CT molecular complexity index is 688. The molecule has 0 saturated carbocycles. The van der Waals surface area contributed by atoms with E-state index in [0.29, 0.717) is 6.42 Å². The van der Waals surface area contributed by atoms with Gasteiger partial charge < -0.3 is 9.47 Å². The Balaban J connectivity index is 2.14. The lowest BCUT2D eigenvalue weighted by molar-refractivity contribution is -0.141. The predicted octanol–water partition coefficient (Wildman–Crippen LogP) is 3.87. The van der Waals surface area contributed by atoms with E-state index in [1.807, 2.05) is 36.4 Å². The van der Waals surface area contributed by atoms with Crippen LogP contribution in [0.5, 0.6) is 5.75 Å². The van der Waals surface area contributed by atoms with E-state index in [2.05, 4.69) is 6.58 Å². The van der Waals surface area contributed by atoms with Crippen molar-refractivity contribution in [3.8, 4) is 5.75 Å². The summed E-state index contributed by atoms with van der Waals surface area (Å²) >= 11 is 0. The monoisotopic (exact) mass is 268 g/mol. The van der Waals surface area contributed by atoms with E-state index in [0.717, 1.165) is 34.1 Å². The summed E-state index contributed by atoms with van der Waals surface area (Å²) in [6.07, 6.45) is 2.90. The van der Waals surface area contributed by atoms with Crippen molar-refractivity contribution in [3.63, 3.8) is 0 Å². The van der Waals surface area contributed by atoms with Gasteiger partial charge in [0.2, 0.25) is 0 Å². The van der Waals surface area contributed by atoms with Crippen molar-refractivity contribution in [2.24, 2.45) is 0 Å². The van der Waals surface area contributed by atoms with Crippen LogP contribution >= 0.6 is 0 Å². The summed E-state index contributed by atoms with van der Waals surface area (Å²) in [7, 11) is 1.65. The standard InChI is InChI=1S/C17H16O3/c1-3-13-14-7-5-12(19-2)10-11(14)4-6-15(13)16-8-9-17(18)20-16/h3-7,10,16H,1,8-9H2,2H3/t16-/m1/s1. The zero-order valence-electron chi connectivity index (χ0n) is 11.4. The Labute approximate surface area is 117 Å². The molecule has 0 aromatic heterocycles. The van der Waals surface area contributed by atoms with Gasteiger partial charge in [-0.25, -0.2) is 0 Å². The summed E-state index contributed by atoms with van der Waals surface area (Å²) in [6, 6.07) is 9.99. The first-order valence-corrected chi connectivity index (χ1v) is 6.65. The molecule has 0 N–H and O–H groups in total. The summed E-state index contributed by atoms with van der Waals surface area (Å²) in [5.74, 6) is 0.701. The van der Waals surface area contributed by atoms with Crippen LogP contribution in [0.3, 0.4) is 0 Å². The highest BCUT2D eigenvalue weighted by atomic mass is 16.5. The number of methoxy groups -OCH3 is 1. The molecule has 2 aromatic rings. The van der Waals surface area contributed by atoms with Gasteiger partial charge >= 0.3 is 5.97 Å². The van der Waals surface area contributed by atoms with Crippen molar-refractivity contribution < 1.29 is 14.3 Å². The molecule has 1 aliphatic rings. The number of cyclic esters (lactones) is 1. The molecule has 0 bridgehead atoms. The van der Waals surface area contributed by atoms with Crippen LogP contribution in [-0.4, -0.2) is 13.1 Å². The van der Waals surface area contributed by atoms with Crippen molar-refractivity contribution in [1.29, 1.82) is 0 Å². The van der Waals surface area contributed by atoms with Gasteiger partial charge in [-0.3, -0.25) is 4.79 Å². The van der Waals surface area contributed by atoms with Gasteiger partial charge in [0, 0.05) is 12.0 Å². The minimum Gasteiger partial charge on any atom is -0.497 e. The Morgan fingerprint density at radius 3 is 2.85 bits per heavy atom. The van der Waals surface area contributed by atoms with Crippen molar-refractivity contribution in [2.45, 2.75) is 18.9 Å². The van der Waals surface area contributed by atoms with Crippen LogP contribution in [-0.2, 0) is 9.53 Å². The molecular formula is C17H16O3. The number of esters is 1. The van der Waals surface area contributed by atoms with Crippen LogP contribution in [0.4, 0.5) is 0 Å². The fourth-order valence-electron chi connectivity index (χ4n) is 2.73. The van der Waals surface area contributed by atoms with Crippen molar-refractivity contribution in [1.82, 2.24) is 0 Å². The van der Waals surface area contributed by atoms with Crippen LogP contribution in [0.2, 0.25) is 0 Å². The molecular weight excluding hydrogens is 252 g/mol. The summed E-state index contributed by atoms with van der Waals surface area (Å²) in [5, 5.41) is 2.19. The Morgan fingerprint density at radius 1 is 1.35 bits per heavy atom. The van der Waals surface area contributed by atoms with Gasteiger partial charge in [0.25, 0.3) is 0 Å². The molecule has 0 aliphatic carbocycles. The third-order valence-corrected chi connectivity index (χ3v) is 3.74. The van der Waals surface area contributed by atoms with E-state index in [4.69, 9.17) is 9.47 Å². The Hall–Kier alpha value is -2.29. The maximum absolute atomic E-state index is 11.3. The number of benzene rings is 2. The molecule has 3 heteroatoms. The van der Waals surface area contributed by atoms with Gasteiger partial charge in [0.05, 0.1) is 7.11 Å². The maximum Gasteiger partial charge on any atom is 0.306 e. The number of rotatable bonds is 3. The molecule has 3 nitrogen and oxygen atoms in total. The molecule has 2 aromatic carbocycles. The van der Waals surface area contributed by atoms with Gasteiger partial charge in [-0.2, -0.15) is 0 Å². The predicted molar refractivity (Wildman–Crippen MR) is 78.7 cm³/mol. The molecule has 1 aliphatic heterocycles. The van der Waals surface area contributed by atoms with Crippen molar-refractivity contribution in [2.75, 3.05) is 7.11 Å². The van der Waals surface area contributed by atoms with E-state index in [1.165, 1.54) is 0 Å². The second kappa shape index (κ2) is 5.00. The van der Waals surface area contributed by atoms with Gasteiger partial charge in [0.1, 0.15) is 11.9 Å². The topological polar surface area (TPSA) is 35.5 Å². The van der Waals surface area contributed by atoms with Gasteiger partial charge in [0.15, 0.2) is 0 Å². The number of hydrogen-bond donors (Lipinski definition) is 0. The first-order valence-electron chi connectivity index (χ1n) is 6.65. The van der Waals surface area contributed by atoms with Crippen LogP contribution in [0.1, 0.15) is 30.1 Å². The van der Waals surface area contributed by atoms with E-state index in [-0.39, 0.29) is 12.1 Å². The summed E-state index contributed by atoms with van der Waals surface area (Å²) in [6.45, 7) is 3.90. The molecule has 1 heterocycles. The smallest absolute Gasteiger partial charge is 0.306 e. The number of hydrogen-bond acceptors (Lipinski definition) is 3. The summed E-state index contributed by atoms with van der Waals surface area (Å²) < 4.78 is 10.6. The Kier molecular flexibility index (Phi) is 3.18. The zero-order chi connectivity index (χ0) is 14.1. The molecule has 0 spiro atoms. The average molecular weight is 268 g/mol. The van der Waals surface area contributed by atoms with E-state index >= 15 is 0 Å². The fourth-order valence-corrected chi connectivity index (χ4v) is 2.73. The third kappa shape index (κ3) is 2.05. The molecule has 1 atom stereocenters. The van der Waals surface area contributed by atoms with Gasteiger partial charge in [-0.1, -0.05) is 30.9 Å². The second-order valence-electron chi connectivity index (χ2n) is 4.88. The molecule has 0 unspecified atom stereocenters. The molecule has 0 radical (unpaired) electrons. The summed E-state index contributed by atoms with van der Waals surface area (Å²) in [5.41, 5.74) is 2.06. The average Bonchev–Trinajstić information content (AvgIpc) is 2.91. The molecule has 102 valence electrons. The van der Waals surface area contributed by atoms with Crippen LogP contribution < -0.4 is 4.74 Å². The first kappa shape index (κ1) is 12.7. The molecule has 3 rings (SSSR count). The van der Waals surface area contributed by atoms with Crippen molar-refractivity contribution in [3.05, 3.63) is 48.0 Å². The number of carbonyl (C=O) groups is 1. The second-order valence-corrected chi connectivity index (χ2v) is 4.88. The number of carbonyl (C=O) groups excluding carboxylic acids is 1. The van der Waals surface area contributed by atoms with Crippen LogP contribution in [0.15, 0.2) is 36.9 Å². The minimum absolute atomic E-state index is 0.125. The quantitative estimate of drug-likeness (QED) is 0.793. The lowest BCUT2D eigenvalue weighted by Crippen LogP contribution is -2.01. The minimum atomic E-state index is -0.151. The Morgan fingerprint density at radius 2 is 2.20 bits per heavy atom. The lowest BCUT2D eigenvalue weighted by atomic mass is 9.94. The third-order valence-electron chi connectivity index (χ3n) is 3.74. The SMILES string of the molecule is C=Cc1c([C@H]2CCC(=O)O2)ccc2cc(OC)ccc12. The van der Waals surface area contributed by atoms with Gasteiger partial charge in [-0.15, -0.1) is 0 Å². The molecule has 0 amide bonds. The fraction of sp³-hybridized carbons (Fsp3) is 0.235. The van der Waals surface area contributed by atoms with E-state index in [9.17, 15) is 4.79 Å². The number of ether oxygens (including phenoxy) is 2.